The quantitative estimate of drug-likeness (QED) is 0.622. The topological polar surface area (TPSA) is 125 Å². The van der Waals surface area contributed by atoms with Crippen LogP contribution < -0.4 is 15.4 Å². The zero-order valence-corrected chi connectivity index (χ0v) is 11.5. The number of carbonyl (C=O) groups is 3. The Morgan fingerprint density at radius 1 is 1.29 bits per heavy atom. The van der Waals surface area contributed by atoms with Crippen LogP contribution in [0.1, 0.15) is 12.0 Å². The molecule has 2 amide bonds. The summed E-state index contributed by atoms with van der Waals surface area (Å²) in [4.78, 5) is 33.2. The molecule has 0 aromatic heterocycles. The molecule has 8 heteroatoms. The van der Waals surface area contributed by atoms with E-state index in [1.807, 2.05) is 6.92 Å². The molecule has 1 atom stereocenters. The average Bonchev–Trinajstić information content (AvgIpc) is 2.37. The summed E-state index contributed by atoms with van der Waals surface area (Å²) < 4.78 is 5.07. The second-order valence-electron chi connectivity index (χ2n) is 4.29. The fraction of sp³-hybridized carbons (Fsp3) is 0.308. The first kappa shape index (κ1) is 16.3. The highest BCUT2D eigenvalue weighted by Crippen LogP contribution is 2.24. The van der Waals surface area contributed by atoms with Crippen LogP contribution in [0, 0.1) is 6.92 Å². The monoisotopic (exact) mass is 296 g/mol. The van der Waals surface area contributed by atoms with Crippen molar-refractivity contribution < 1.29 is 29.3 Å². The molecular weight excluding hydrogens is 280 g/mol. The van der Waals surface area contributed by atoms with Crippen LogP contribution in [-0.2, 0) is 9.59 Å². The van der Waals surface area contributed by atoms with Crippen molar-refractivity contribution in [3.8, 4) is 5.75 Å². The summed E-state index contributed by atoms with van der Waals surface area (Å²) in [6.45, 7) is 1.81. The number of rotatable bonds is 6. The fourth-order valence-corrected chi connectivity index (χ4v) is 1.61. The van der Waals surface area contributed by atoms with Crippen LogP contribution >= 0.6 is 0 Å². The van der Waals surface area contributed by atoms with Gasteiger partial charge in [-0.3, -0.25) is 4.79 Å². The predicted molar refractivity (Wildman–Crippen MR) is 73.6 cm³/mol. The van der Waals surface area contributed by atoms with Crippen molar-refractivity contribution in [2.75, 3.05) is 12.4 Å². The molecule has 0 saturated heterocycles. The number of benzene rings is 1. The van der Waals surface area contributed by atoms with Crippen molar-refractivity contribution in [3.63, 3.8) is 0 Å². The predicted octanol–water partition coefficient (Wildman–Crippen LogP) is 1.05. The summed E-state index contributed by atoms with van der Waals surface area (Å²) in [6.07, 6.45) is -0.715. The van der Waals surface area contributed by atoms with Crippen LogP contribution in [0.25, 0.3) is 0 Å². The maximum absolute atomic E-state index is 11.8. The van der Waals surface area contributed by atoms with Crippen molar-refractivity contribution in [2.24, 2.45) is 0 Å². The van der Waals surface area contributed by atoms with Gasteiger partial charge in [0.15, 0.2) is 0 Å². The second-order valence-corrected chi connectivity index (χ2v) is 4.29. The van der Waals surface area contributed by atoms with E-state index in [9.17, 15) is 14.4 Å². The van der Waals surface area contributed by atoms with E-state index in [4.69, 9.17) is 14.9 Å². The number of amides is 2. The molecule has 1 aromatic carbocycles. The standard InChI is InChI=1S/C13H16N2O6/c1-7-3-4-10(21-2)8(5-7)14-13(20)15-9(12(18)19)6-11(16)17/h3-5,9H,6H2,1-2H3,(H,16,17)(H,18,19)(H2,14,15,20). The van der Waals surface area contributed by atoms with Gasteiger partial charge in [-0.2, -0.15) is 0 Å². The molecule has 0 aliphatic rings. The van der Waals surface area contributed by atoms with Gasteiger partial charge in [-0.25, -0.2) is 9.59 Å². The Kier molecular flexibility index (Phi) is 5.53. The fourth-order valence-electron chi connectivity index (χ4n) is 1.61. The van der Waals surface area contributed by atoms with Crippen LogP contribution in [0.4, 0.5) is 10.5 Å². The summed E-state index contributed by atoms with van der Waals surface area (Å²) in [7, 11) is 1.43. The number of aliphatic carboxylic acids is 2. The highest BCUT2D eigenvalue weighted by Gasteiger charge is 2.23. The van der Waals surface area contributed by atoms with Crippen molar-refractivity contribution in [2.45, 2.75) is 19.4 Å². The number of carbonyl (C=O) groups excluding carboxylic acids is 1. The summed E-state index contributed by atoms with van der Waals surface area (Å²) >= 11 is 0. The molecule has 1 unspecified atom stereocenters. The van der Waals surface area contributed by atoms with Gasteiger partial charge in [0.05, 0.1) is 19.2 Å². The summed E-state index contributed by atoms with van der Waals surface area (Å²) in [5, 5.41) is 22.0. The molecule has 0 heterocycles. The van der Waals surface area contributed by atoms with Gasteiger partial charge in [-0.15, -0.1) is 0 Å². The summed E-state index contributed by atoms with van der Waals surface area (Å²) in [6, 6.07) is 2.74. The summed E-state index contributed by atoms with van der Waals surface area (Å²) in [5.74, 6) is -2.35. The van der Waals surface area contributed by atoms with E-state index in [-0.39, 0.29) is 0 Å². The number of carboxylic acid groups (broad SMARTS) is 2. The second kappa shape index (κ2) is 7.13. The van der Waals surface area contributed by atoms with E-state index in [0.29, 0.717) is 11.4 Å². The third kappa shape index (κ3) is 5.01. The number of aryl methyl sites for hydroxylation is 1. The Hall–Kier alpha value is -2.77. The van der Waals surface area contributed by atoms with Gasteiger partial charge < -0.3 is 25.6 Å². The molecule has 21 heavy (non-hydrogen) atoms. The molecule has 0 saturated carbocycles. The van der Waals surface area contributed by atoms with Crippen molar-refractivity contribution in [1.82, 2.24) is 5.32 Å². The molecule has 0 spiro atoms. The van der Waals surface area contributed by atoms with Gasteiger partial charge in [-0.1, -0.05) is 6.07 Å². The first-order chi connectivity index (χ1) is 9.83. The highest BCUT2D eigenvalue weighted by atomic mass is 16.5. The lowest BCUT2D eigenvalue weighted by Gasteiger charge is -2.15. The number of hydrogen-bond donors (Lipinski definition) is 4. The molecule has 114 valence electrons. The minimum absolute atomic E-state index is 0.356. The number of anilines is 1. The molecule has 0 aliphatic heterocycles. The molecular formula is C13H16N2O6. The van der Waals surface area contributed by atoms with E-state index in [1.165, 1.54) is 7.11 Å². The first-order valence-electron chi connectivity index (χ1n) is 6.00. The smallest absolute Gasteiger partial charge is 0.326 e. The van der Waals surface area contributed by atoms with Crippen LogP contribution in [0.15, 0.2) is 18.2 Å². The van der Waals surface area contributed by atoms with Crippen LogP contribution in [-0.4, -0.2) is 41.3 Å². The first-order valence-corrected chi connectivity index (χ1v) is 6.00. The molecule has 0 bridgehead atoms. The van der Waals surface area contributed by atoms with Gasteiger partial charge in [-0.05, 0) is 24.6 Å². The number of nitrogens with one attached hydrogen (secondary N) is 2. The maximum Gasteiger partial charge on any atom is 0.326 e. The van der Waals surface area contributed by atoms with E-state index in [1.54, 1.807) is 18.2 Å². The number of methoxy groups -OCH3 is 1. The zero-order valence-electron chi connectivity index (χ0n) is 11.5. The summed E-state index contributed by atoms with van der Waals surface area (Å²) in [5.41, 5.74) is 1.22. The number of ether oxygens (including phenoxy) is 1. The third-order valence-electron chi connectivity index (χ3n) is 2.59. The molecule has 8 nitrogen and oxygen atoms in total. The lowest BCUT2D eigenvalue weighted by molar-refractivity contribution is -0.145. The van der Waals surface area contributed by atoms with Gasteiger partial charge in [0.1, 0.15) is 11.8 Å². The van der Waals surface area contributed by atoms with Gasteiger partial charge in [0, 0.05) is 0 Å². The van der Waals surface area contributed by atoms with Crippen molar-refractivity contribution in [1.29, 1.82) is 0 Å². The molecule has 1 rings (SSSR count). The molecule has 0 radical (unpaired) electrons. The zero-order chi connectivity index (χ0) is 16.0. The van der Waals surface area contributed by atoms with Crippen molar-refractivity contribution >= 4 is 23.7 Å². The minimum Gasteiger partial charge on any atom is -0.495 e. The number of urea groups is 1. The van der Waals surface area contributed by atoms with Crippen LogP contribution in [0.2, 0.25) is 0 Å². The molecule has 0 fully saturated rings. The van der Waals surface area contributed by atoms with Crippen LogP contribution in [0.5, 0.6) is 5.75 Å². The van der Waals surface area contributed by atoms with Crippen molar-refractivity contribution in [3.05, 3.63) is 23.8 Å². The SMILES string of the molecule is COc1ccc(C)cc1NC(=O)NC(CC(=O)O)C(=O)O. The molecule has 0 aliphatic carbocycles. The average molecular weight is 296 g/mol. The largest absolute Gasteiger partial charge is 0.495 e. The highest BCUT2D eigenvalue weighted by molar-refractivity contribution is 5.94. The number of hydrogen-bond acceptors (Lipinski definition) is 4. The Morgan fingerprint density at radius 3 is 2.48 bits per heavy atom. The lowest BCUT2D eigenvalue weighted by Crippen LogP contribution is -2.44. The minimum atomic E-state index is -1.52. The van der Waals surface area contributed by atoms with Gasteiger partial charge >= 0.3 is 18.0 Å². The van der Waals surface area contributed by atoms with E-state index >= 15 is 0 Å². The molecule has 4 N–H and O–H groups in total. The Balaban J connectivity index is 2.78. The normalized spacial score (nSPS) is 11.3. The molecule has 1 aromatic rings. The van der Waals surface area contributed by atoms with E-state index in [0.717, 1.165) is 5.56 Å². The number of carboxylic acids is 2. The maximum atomic E-state index is 11.8. The van der Waals surface area contributed by atoms with E-state index < -0.39 is 30.4 Å². The Morgan fingerprint density at radius 2 is 1.95 bits per heavy atom. The van der Waals surface area contributed by atoms with Crippen LogP contribution in [0.3, 0.4) is 0 Å². The lowest BCUT2D eigenvalue weighted by atomic mass is 10.2. The van der Waals surface area contributed by atoms with Gasteiger partial charge in [0.25, 0.3) is 0 Å². The Labute approximate surface area is 120 Å². The Bertz CT molecular complexity index is 558. The third-order valence-corrected chi connectivity index (χ3v) is 2.59. The van der Waals surface area contributed by atoms with Gasteiger partial charge in [0.2, 0.25) is 0 Å². The van der Waals surface area contributed by atoms with E-state index in [2.05, 4.69) is 10.6 Å².